The van der Waals surface area contributed by atoms with Gasteiger partial charge in [0.25, 0.3) is 0 Å². The fourth-order valence-electron chi connectivity index (χ4n) is 3.51. The van der Waals surface area contributed by atoms with Gasteiger partial charge in [0.1, 0.15) is 0 Å². The molecule has 1 aliphatic heterocycles. The van der Waals surface area contributed by atoms with Crippen molar-refractivity contribution in [3.63, 3.8) is 0 Å². The number of nitrogens with two attached hydrogens (primary N) is 1. The molecule has 3 rings (SSSR count). The van der Waals surface area contributed by atoms with Crippen molar-refractivity contribution >= 4 is 35.6 Å². The second kappa shape index (κ2) is 11.7. The molecular formula is C22H31IN4O2. The monoisotopic (exact) mass is 510 g/mol. The van der Waals surface area contributed by atoms with Gasteiger partial charge in [-0.15, -0.1) is 24.0 Å². The van der Waals surface area contributed by atoms with Crippen LogP contribution in [0.3, 0.4) is 0 Å². The molecule has 1 heterocycles. The maximum atomic E-state index is 6.04. The lowest BCUT2D eigenvalue weighted by Crippen LogP contribution is -2.34. The van der Waals surface area contributed by atoms with Crippen LogP contribution in [-0.4, -0.2) is 46.4 Å². The molecule has 2 aromatic carbocycles. The van der Waals surface area contributed by atoms with Gasteiger partial charge in [-0.3, -0.25) is 4.99 Å². The van der Waals surface area contributed by atoms with E-state index in [2.05, 4.69) is 45.5 Å². The van der Waals surface area contributed by atoms with Gasteiger partial charge in [-0.25, -0.2) is 0 Å². The average molecular weight is 510 g/mol. The van der Waals surface area contributed by atoms with Crippen molar-refractivity contribution in [2.45, 2.75) is 12.8 Å². The summed E-state index contributed by atoms with van der Waals surface area (Å²) >= 11 is 0. The molecule has 0 aliphatic carbocycles. The predicted octanol–water partition coefficient (Wildman–Crippen LogP) is 3.30. The average Bonchev–Trinajstić information content (AvgIpc) is 3.22. The van der Waals surface area contributed by atoms with Crippen LogP contribution >= 0.6 is 24.0 Å². The first-order chi connectivity index (χ1) is 13.7. The fraction of sp³-hybridized carbons (Fsp3) is 0.409. The van der Waals surface area contributed by atoms with Crippen molar-refractivity contribution in [3.8, 4) is 11.5 Å². The van der Waals surface area contributed by atoms with Crippen molar-refractivity contribution < 1.29 is 9.47 Å². The zero-order chi connectivity index (χ0) is 19.8. The lowest BCUT2D eigenvalue weighted by Gasteiger charge is -2.18. The van der Waals surface area contributed by atoms with Crippen molar-refractivity contribution in [1.82, 2.24) is 5.32 Å². The summed E-state index contributed by atoms with van der Waals surface area (Å²) in [4.78, 5) is 6.96. The number of anilines is 1. The Morgan fingerprint density at radius 3 is 2.62 bits per heavy atom. The highest BCUT2D eigenvalue weighted by Gasteiger charge is 2.22. The standard InChI is InChI=1S/C22H30N4O2.HI/c1-27-20-9-8-17(14-21(20)28-2)10-12-24-22(23)25-15-18-11-13-26(16-18)19-6-4-3-5-7-19;/h3-9,14,18H,10-13,15-16H2,1-2H3,(H3,23,24,25);1H. The third kappa shape index (κ3) is 6.69. The van der Waals surface area contributed by atoms with Crippen LogP contribution in [0.4, 0.5) is 5.69 Å². The largest absolute Gasteiger partial charge is 0.493 e. The maximum Gasteiger partial charge on any atom is 0.188 e. The fourth-order valence-corrected chi connectivity index (χ4v) is 3.51. The molecule has 29 heavy (non-hydrogen) atoms. The third-order valence-electron chi connectivity index (χ3n) is 5.09. The molecule has 6 nitrogen and oxygen atoms in total. The minimum absolute atomic E-state index is 0. The van der Waals surface area contributed by atoms with Crippen LogP contribution in [0.25, 0.3) is 0 Å². The molecule has 0 saturated carbocycles. The minimum Gasteiger partial charge on any atom is -0.493 e. The maximum absolute atomic E-state index is 6.04. The number of guanidine groups is 1. The van der Waals surface area contributed by atoms with Crippen molar-refractivity contribution in [1.29, 1.82) is 0 Å². The second-order valence-corrected chi connectivity index (χ2v) is 7.03. The summed E-state index contributed by atoms with van der Waals surface area (Å²) in [6, 6.07) is 16.5. The molecular weight excluding hydrogens is 479 g/mol. The summed E-state index contributed by atoms with van der Waals surface area (Å²) in [6.45, 7) is 3.60. The van der Waals surface area contributed by atoms with E-state index in [1.807, 2.05) is 18.2 Å². The molecule has 3 N–H and O–H groups in total. The van der Waals surface area contributed by atoms with Gasteiger partial charge in [0.05, 0.1) is 14.2 Å². The summed E-state index contributed by atoms with van der Waals surface area (Å²) in [5.41, 5.74) is 8.49. The molecule has 7 heteroatoms. The van der Waals surface area contributed by atoms with Crippen LogP contribution in [0.15, 0.2) is 53.5 Å². The first-order valence-electron chi connectivity index (χ1n) is 9.74. The van der Waals surface area contributed by atoms with E-state index in [0.717, 1.165) is 56.1 Å². The molecule has 1 atom stereocenters. The SMILES string of the molecule is COc1ccc(CCNC(N)=NCC2CCN(c3ccccc3)C2)cc1OC.I. The molecule has 0 bridgehead atoms. The molecule has 1 fully saturated rings. The van der Waals surface area contributed by atoms with Crippen molar-refractivity contribution in [2.75, 3.05) is 45.3 Å². The molecule has 0 amide bonds. The highest BCUT2D eigenvalue weighted by atomic mass is 127. The molecule has 1 unspecified atom stereocenters. The van der Waals surface area contributed by atoms with Crippen molar-refractivity contribution in [3.05, 3.63) is 54.1 Å². The number of para-hydroxylation sites is 1. The van der Waals surface area contributed by atoms with E-state index < -0.39 is 0 Å². The Bertz CT molecular complexity index is 786. The topological polar surface area (TPSA) is 72.1 Å². The van der Waals surface area contributed by atoms with E-state index in [0.29, 0.717) is 11.9 Å². The number of benzene rings is 2. The van der Waals surface area contributed by atoms with Crippen LogP contribution in [0.5, 0.6) is 11.5 Å². The van der Waals surface area contributed by atoms with Gasteiger partial charge in [0.15, 0.2) is 17.5 Å². The van der Waals surface area contributed by atoms with Gasteiger partial charge in [-0.2, -0.15) is 0 Å². The summed E-state index contributed by atoms with van der Waals surface area (Å²) in [5, 5.41) is 3.21. The van der Waals surface area contributed by atoms with Crippen LogP contribution in [0.2, 0.25) is 0 Å². The number of nitrogens with zero attached hydrogens (tertiary/aromatic N) is 2. The van der Waals surface area contributed by atoms with Gasteiger partial charge < -0.3 is 25.4 Å². The number of halogens is 1. The van der Waals surface area contributed by atoms with Crippen LogP contribution < -0.4 is 25.4 Å². The zero-order valence-electron chi connectivity index (χ0n) is 17.1. The Morgan fingerprint density at radius 2 is 1.90 bits per heavy atom. The Hall–Kier alpha value is -2.16. The minimum atomic E-state index is 0. The third-order valence-corrected chi connectivity index (χ3v) is 5.09. The highest BCUT2D eigenvalue weighted by molar-refractivity contribution is 14.0. The molecule has 0 aromatic heterocycles. The zero-order valence-corrected chi connectivity index (χ0v) is 19.5. The van der Waals surface area contributed by atoms with Gasteiger partial charge >= 0.3 is 0 Å². The lowest BCUT2D eigenvalue weighted by atomic mass is 10.1. The van der Waals surface area contributed by atoms with Gasteiger partial charge in [-0.1, -0.05) is 24.3 Å². The molecule has 1 saturated heterocycles. The van der Waals surface area contributed by atoms with E-state index >= 15 is 0 Å². The smallest absolute Gasteiger partial charge is 0.188 e. The van der Waals surface area contributed by atoms with Crippen LogP contribution in [-0.2, 0) is 6.42 Å². The Morgan fingerprint density at radius 1 is 1.14 bits per heavy atom. The Labute approximate surface area is 190 Å². The molecule has 0 spiro atoms. The number of methoxy groups -OCH3 is 2. The van der Waals surface area contributed by atoms with E-state index in [9.17, 15) is 0 Å². The van der Waals surface area contributed by atoms with Crippen LogP contribution in [0.1, 0.15) is 12.0 Å². The molecule has 158 valence electrons. The highest BCUT2D eigenvalue weighted by Crippen LogP contribution is 2.27. The normalized spacial score (nSPS) is 16.3. The molecule has 2 aromatic rings. The first-order valence-corrected chi connectivity index (χ1v) is 9.74. The number of nitrogens with one attached hydrogen (secondary N) is 1. The number of rotatable bonds is 8. The van der Waals surface area contributed by atoms with E-state index in [1.165, 1.54) is 5.69 Å². The molecule has 0 radical (unpaired) electrons. The van der Waals surface area contributed by atoms with E-state index in [4.69, 9.17) is 15.2 Å². The van der Waals surface area contributed by atoms with Gasteiger partial charge in [-0.05, 0) is 48.6 Å². The molecule has 1 aliphatic rings. The van der Waals surface area contributed by atoms with E-state index in [-0.39, 0.29) is 24.0 Å². The predicted molar refractivity (Wildman–Crippen MR) is 130 cm³/mol. The Kier molecular flexibility index (Phi) is 9.37. The second-order valence-electron chi connectivity index (χ2n) is 7.03. The van der Waals surface area contributed by atoms with E-state index in [1.54, 1.807) is 14.2 Å². The summed E-state index contributed by atoms with van der Waals surface area (Å²) in [6.07, 6.45) is 1.99. The summed E-state index contributed by atoms with van der Waals surface area (Å²) < 4.78 is 10.6. The lowest BCUT2D eigenvalue weighted by molar-refractivity contribution is 0.354. The van der Waals surface area contributed by atoms with Gasteiger partial charge in [0.2, 0.25) is 0 Å². The van der Waals surface area contributed by atoms with Crippen LogP contribution in [0, 0.1) is 5.92 Å². The number of ether oxygens (including phenoxy) is 2. The number of hydrogen-bond acceptors (Lipinski definition) is 4. The quantitative estimate of drug-likeness (QED) is 0.324. The number of aliphatic imine (C=N–C) groups is 1. The van der Waals surface area contributed by atoms with Crippen molar-refractivity contribution in [2.24, 2.45) is 16.6 Å². The summed E-state index contributed by atoms with van der Waals surface area (Å²) in [5.74, 6) is 2.54. The first kappa shape index (κ1) is 23.1. The number of hydrogen-bond donors (Lipinski definition) is 2. The van der Waals surface area contributed by atoms with Gasteiger partial charge in [0, 0.05) is 31.9 Å². The summed E-state index contributed by atoms with van der Waals surface area (Å²) in [7, 11) is 3.28. The Balaban J connectivity index is 0.00000300.